The third-order valence-electron chi connectivity index (χ3n) is 1.35. The van der Waals surface area contributed by atoms with Gasteiger partial charge in [0.25, 0.3) is 0 Å². The van der Waals surface area contributed by atoms with Gasteiger partial charge < -0.3 is 0 Å². The van der Waals surface area contributed by atoms with Crippen molar-refractivity contribution in [3.63, 3.8) is 0 Å². The average molecular weight is 159 g/mol. The van der Waals surface area contributed by atoms with E-state index in [2.05, 4.69) is 38.1 Å². The Morgan fingerprint density at radius 1 is 1.00 bits per heavy atom. The first-order chi connectivity index (χ1) is 4.30. The molecule has 1 aromatic rings. The molecule has 0 N–H and O–H groups in total. The standard InChI is InChI=1S/C9H11.K.H/c1-8(2)9-6-4-3-5-7-9;;/h3-7H,1-2H3;;. The Bertz CT molecular complexity index is 167. The Labute approximate surface area is 105 Å². The monoisotopic (exact) mass is 159 g/mol. The van der Waals surface area contributed by atoms with E-state index in [9.17, 15) is 0 Å². The van der Waals surface area contributed by atoms with Crippen molar-refractivity contribution >= 4 is 51.4 Å². The second-order valence-corrected chi connectivity index (χ2v) is 2.37. The van der Waals surface area contributed by atoms with Crippen molar-refractivity contribution in [2.75, 3.05) is 0 Å². The summed E-state index contributed by atoms with van der Waals surface area (Å²) >= 11 is 0. The van der Waals surface area contributed by atoms with Crippen LogP contribution in [0.5, 0.6) is 0 Å². The zero-order valence-corrected chi connectivity index (χ0v) is 5.89. The Hall–Kier alpha value is 0.856. The van der Waals surface area contributed by atoms with Crippen molar-refractivity contribution in [1.82, 2.24) is 0 Å². The number of hydrogen-bond acceptors (Lipinski definition) is 0. The van der Waals surface area contributed by atoms with Gasteiger partial charge >= 0.3 is 51.4 Å². The SMILES string of the molecule is C[C](C)c1ccccc1.[KH]. The Kier molecular flexibility index (Phi) is 5.97. The van der Waals surface area contributed by atoms with Crippen molar-refractivity contribution < 1.29 is 0 Å². The summed E-state index contributed by atoms with van der Waals surface area (Å²) in [4.78, 5) is 0. The molecule has 0 saturated heterocycles. The van der Waals surface area contributed by atoms with E-state index in [1.165, 1.54) is 11.5 Å². The zero-order chi connectivity index (χ0) is 6.69. The van der Waals surface area contributed by atoms with E-state index in [0.717, 1.165) is 0 Å². The molecule has 0 aromatic heterocycles. The summed E-state index contributed by atoms with van der Waals surface area (Å²) < 4.78 is 0. The number of benzene rings is 1. The third-order valence-corrected chi connectivity index (χ3v) is 1.35. The molecule has 0 bridgehead atoms. The van der Waals surface area contributed by atoms with E-state index < -0.39 is 0 Å². The average Bonchev–Trinajstić information content (AvgIpc) is 1.90. The molecule has 0 aliphatic rings. The van der Waals surface area contributed by atoms with Crippen molar-refractivity contribution in [1.29, 1.82) is 0 Å². The first-order valence-electron chi connectivity index (χ1n) is 3.16. The molecule has 0 amide bonds. The molecule has 0 saturated carbocycles. The molecule has 1 heteroatoms. The number of rotatable bonds is 1. The van der Waals surface area contributed by atoms with E-state index in [4.69, 9.17) is 0 Å². The molecule has 1 aromatic carbocycles. The van der Waals surface area contributed by atoms with Crippen molar-refractivity contribution in [3.8, 4) is 0 Å². The minimum absolute atomic E-state index is 0. The van der Waals surface area contributed by atoms with Crippen LogP contribution in [-0.4, -0.2) is 51.4 Å². The predicted molar refractivity (Wildman–Crippen MR) is 47.3 cm³/mol. The van der Waals surface area contributed by atoms with Crippen molar-refractivity contribution in [2.45, 2.75) is 13.8 Å². The molecule has 10 heavy (non-hydrogen) atoms. The molecule has 0 atom stereocenters. The molecular weight excluding hydrogens is 147 g/mol. The maximum atomic E-state index is 2.12. The molecule has 0 heterocycles. The molecule has 0 aliphatic heterocycles. The van der Waals surface area contributed by atoms with Crippen LogP contribution >= 0.6 is 0 Å². The molecule has 0 aliphatic carbocycles. The fourth-order valence-electron chi connectivity index (χ4n) is 0.771. The van der Waals surface area contributed by atoms with Gasteiger partial charge in [-0.15, -0.1) is 0 Å². The van der Waals surface area contributed by atoms with Crippen LogP contribution in [0.2, 0.25) is 0 Å². The predicted octanol–water partition coefficient (Wildman–Crippen LogP) is 2.00. The first-order valence-corrected chi connectivity index (χ1v) is 3.16. The van der Waals surface area contributed by atoms with E-state index in [1.54, 1.807) is 0 Å². The Morgan fingerprint density at radius 3 is 1.80 bits per heavy atom. The van der Waals surface area contributed by atoms with Crippen LogP contribution < -0.4 is 0 Å². The first kappa shape index (κ1) is 10.9. The van der Waals surface area contributed by atoms with Crippen molar-refractivity contribution in [2.24, 2.45) is 0 Å². The van der Waals surface area contributed by atoms with E-state index in [-0.39, 0.29) is 51.4 Å². The van der Waals surface area contributed by atoms with E-state index in [1.807, 2.05) is 6.07 Å². The van der Waals surface area contributed by atoms with Crippen LogP contribution in [0.4, 0.5) is 0 Å². The van der Waals surface area contributed by atoms with E-state index in [0.29, 0.717) is 0 Å². The van der Waals surface area contributed by atoms with Crippen LogP contribution in [-0.2, 0) is 0 Å². The second kappa shape index (κ2) is 5.50. The summed E-state index contributed by atoms with van der Waals surface area (Å²) in [6.45, 7) is 4.24. The number of hydrogen-bond donors (Lipinski definition) is 0. The van der Waals surface area contributed by atoms with Crippen LogP contribution in [0, 0.1) is 5.92 Å². The van der Waals surface area contributed by atoms with Gasteiger partial charge in [0.2, 0.25) is 0 Å². The fraction of sp³-hybridized carbons (Fsp3) is 0.222. The summed E-state index contributed by atoms with van der Waals surface area (Å²) in [5, 5.41) is 0. The Balaban J connectivity index is 0.000000810. The van der Waals surface area contributed by atoms with Crippen LogP contribution in [0.25, 0.3) is 0 Å². The maximum absolute atomic E-state index is 2.12. The second-order valence-electron chi connectivity index (χ2n) is 2.37. The Morgan fingerprint density at radius 2 is 1.50 bits per heavy atom. The molecule has 0 fully saturated rings. The van der Waals surface area contributed by atoms with Crippen LogP contribution in [0.15, 0.2) is 30.3 Å². The van der Waals surface area contributed by atoms with Gasteiger partial charge in [-0.1, -0.05) is 44.2 Å². The van der Waals surface area contributed by atoms with Crippen LogP contribution in [0.1, 0.15) is 19.4 Å². The summed E-state index contributed by atoms with van der Waals surface area (Å²) in [6, 6.07) is 10.4. The van der Waals surface area contributed by atoms with Crippen molar-refractivity contribution in [3.05, 3.63) is 41.8 Å². The van der Waals surface area contributed by atoms with Gasteiger partial charge in [-0.2, -0.15) is 0 Å². The quantitative estimate of drug-likeness (QED) is 0.550. The minimum atomic E-state index is 0. The third kappa shape index (κ3) is 3.31. The molecule has 49 valence electrons. The van der Waals surface area contributed by atoms with E-state index >= 15 is 0 Å². The summed E-state index contributed by atoms with van der Waals surface area (Å²) in [7, 11) is 0. The zero-order valence-electron chi connectivity index (χ0n) is 5.89. The van der Waals surface area contributed by atoms with Crippen LogP contribution in [0.3, 0.4) is 0 Å². The summed E-state index contributed by atoms with van der Waals surface area (Å²) in [6.07, 6.45) is 0. The molecule has 0 unspecified atom stereocenters. The normalized spacial score (nSPS) is 9.10. The summed E-state index contributed by atoms with van der Waals surface area (Å²) in [5.41, 5.74) is 1.33. The van der Waals surface area contributed by atoms with Gasteiger partial charge in [-0.3, -0.25) is 0 Å². The molecule has 1 radical (unpaired) electrons. The molecule has 0 spiro atoms. The van der Waals surface area contributed by atoms with Gasteiger partial charge in [-0.05, 0) is 11.5 Å². The molecular formula is C9H12K. The van der Waals surface area contributed by atoms with Gasteiger partial charge in [0, 0.05) is 0 Å². The topological polar surface area (TPSA) is 0 Å². The summed E-state index contributed by atoms with van der Waals surface area (Å²) in [5.74, 6) is 1.37. The molecule has 1 rings (SSSR count). The van der Waals surface area contributed by atoms with Gasteiger partial charge in [0.05, 0.1) is 0 Å². The van der Waals surface area contributed by atoms with Gasteiger partial charge in [-0.25, -0.2) is 0 Å². The molecule has 0 nitrogen and oxygen atoms in total. The fourth-order valence-corrected chi connectivity index (χ4v) is 0.771. The van der Waals surface area contributed by atoms with Gasteiger partial charge in [0.15, 0.2) is 0 Å². The van der Waals surface area contributed by atoms with Gasteiger partial charge in [0.1, 0.15) is 0 Å².